The Hall–Kier alpha value is -1.32. The summed E-state index contributed by atoms with van der Waals surface area (Å²) in [6, 6.07) is 7.98. The second-order valence-electron chi connectivity index (χ2n) is 5.60. The van der Waals surface area contributed by atoms with Gasteiger partial charge in [0.05, 0.1) is 5.52 Å². The van der Waals surface area contributed by atoms with E-state index >= 15 is 0 Å². The Bertz CT molecular complexity index is 629. The zero-order valence-electron chi connectivity index (χ0n) is 11.6. The largest absolute Gasteiger partial charge is 0.396 e. The van der Waals surface area contributed by atoms with Gasteiger partial charge in [0, 0.05) is 30.1 Å². The Kier molecular flexibility index (Phi) is 3.81. The Balaban J connectivity index is 1.99. The van der Waals surface area contributed by atoms with Crippen molar-refractivity contribution in [1.29, 1.82) is 0 Å². The number of hydrogen-bond acceptors (Lipinski definition) is 3. The van der Waals surface area contributed by atoms with Crippen LogP contribution in [0, 0.1) is 12.8 Å². The summed E-state index contributed by atoms with van der Waals surface area (Å²) in [5.41, 5.74) is 2.16. The predicted octanol–water partition coefficient (Wildman–Crippen LogP) is 3.41. The topological polar surface area (TPSA) is 36.4 Å². The average molecular weight is 291 g/mol. The van der Waals surface area contributed by atoms with Crippen LogP contribution in [0.15, 0.2) is 24.3 Å². The first-order valence-electron chi connectivity index (χ1n) is 7.10. The summed E-state index contributed by atoms with van der Waals surface area (Å²) < 4.78 is 0. The maximum Gasteiger partial charge on any atom is 0.129 e. The van der Waals surface area contributed by atoms with Gasteiger partial charge in [-0.3, -0.25) is 0 Å². The third kappa shape index (κ3) is 2.60. The van der Waals surface area contributed by atoms with Crippen LogP contribution in [-0.2, 0) is 0 Å². The van der Waals surface area contributed by atoms with Gasteiger partial charge in [-0.05, 0) is 49.4 Å². The number of aromatic nitrogens is 1. The summed E-state index contributed by atoms with van der Waals surface area (Å²) in [6.07, 6.45) is 2.21. The van der Waals surface area contributed by atoms with E-state index in [0.29, 0.717) is 10.9 Å². The van der Waals surface area contributed by atoms with Crippen LogP contribution in [-0.4, -0.2) is 29.8 Å². The van der Waals surface area contributed by atoms with Gasteiger partial charge in [0.25, 0.3) is 0 Å². The third-order valence-corrected chi connectivity index (χ3v) is 4.30. The summed E-state index contributed by atoms with van der Waals surface area (Å²) in [6.45, 7) is 4.26. The van der Waals surface area contributed by atoms with Gasteiger partial charge in [-0.1, -0.05) is 17.7 Å². The molecule has 0 saturated carbocycles. The van der Waals surface area contributed by atoms with Crippen LogP contribution in [0.25, 0.3) is 10.9 Å². The van der Waals surface area contributed by atoms with Crippen LogP contribution < -0.4 is 4.90 Å². The van der Waals surface area contributed by atoms with E-state index < -0.39 is 0 Å². The molecule has 3 rings (SSSR count). The molecule has 1 fully saturated rings. The molecule has 1 saturated heterocycles. The minimum Gasteiger partial charge on any atom is -0.396 e. The molecule has 106 valence electrons. The fourth-order valence-electron chi connectivity index (χ4n) is 2.94. The van der Waals surface area contributed by atoms with Crippen molar-refractivity contribution in [3.8, 4) is 0 Å². The molecule has 20 heavy (non-hydrogen) atoms. The van der Waals surface area contributed by atoms with Gasteiger partial charge in [-0.2, -0.15) is 0 Å². The van der Waals surface area contributed by atoms with Crippen molar-refractivity contribution < 1.29 is 5.11 Å². The standard InChI is InChI=1S/C16H19ClN2O/c1-11-7-16(19-6-2-3-12(9-19)10-20)18-15-8-13(17)4-5-14(11)15/h4-5,7-8,12,20H,2-3,6,9-10H2,1H3. The second-order valence-corrected chi connectivity index (χ2v) is 6.03. The molecule has 1 N–H and O–H groups in total. The van der Waals surface area contributed by atoms with Gasteiger partial charge < -0.3 is 10.0 Å². The first-order valence-corrected chi connectivity index (χ1v) is 7.48. The van der Waals surface area contributed by atoms with E-state index in [1.807, 2.05) is 18.2 Å². The lowest BCUT2D eigenvalue weighted by Gasteiger charge is -2.33. The van der Waals surface area contributed by atoms with E-state index in [0.717, 1.165) is 42.7 Å². The number of aryl methyl sites for hydroxylation is 1. The maximum atomic E-state index is 9.35. The highest BCUT2D eigenvalue weighted by atomic mass is 35.5. The van der Waals surface area contributed by atoms with Crippen LogP contribution in [0.2, 0.25) is 5.02 Å². The van der Waals surface area contributed by atoms with Crippen molar-refractivity contribution in [3.05, 3.63) is 34.9 Å². The molecule has 0 bridgehead atoms. The fourth-order valence-corrected chi connectivity index (χ4v) is 3.11. The summed E-state index contributed by atoms with van der Waals surface area (Å²) in [5.74, 6) is 1.36. The molecule has 2 heterocycles. The molecule has 0 aliphatic carbocycles. The number of hydrogen-bond donors (Lipinski definition) is 1. The van der Waals surface area contributed by atoms with Crippen molar-refractivity contribution in [2.45, 2.75) is 19.8 Å². The normalized spacial score (nSPS) is 19.6. The zero-order valence-corrected chi connectivity index (χ0v) is 12.4. The number of fused-ring (bicyclic) bond motifs is 1. The first kappa shape index (κ1) is 13.7. The first-order chi connectivity index (χ1) is 9.67. The lowest BCUT2D eigenvalue weighted by molar-refractivity contribution is 0.208. The van der Waals surface area contributed by atoms with Gasteiger partial charge >= 0.3 is 0 Å². The predicted molar refractivity (Wildman–Crippen MR) is 83.5 cm³/mol. The summed E-state index contributed by atoms with van der Waals surface area (Å²) in [4.78, 5) is 7.02. The number of aliphatic hydroxyl groups is 1. The molecular formula is C16H19ClN2O. The van der Waals surface area contributed by atoms with E-state index in [4.69, 9.17) is 16.6 Å². The number of rotatable bonds is 2. The molecule has 4 heteroatoms. The summed E-state index contributed by atoms with van der Waals surface area (Å²) >= 11 is 6.07. The van der Waals surface area contributed by atoms with E-state index in [2.05, 4.69) is 17.9 Å². The Morgan fingerprint density at radius 1 is 1.40 bits per heavy atom. The lowest BCUT2D eigenvalue weighted by atomic mass is 9.99. The second kappa shape index (κ2) is 5.58. The molecule has 2 aromatic rings. The molecule has 1 aromatic carbocycles. The minimum atomic E-state index is 0.259. The summed E-state index contributed by atoms with van der Waals surface area (Å²) in [7, 11) is 0. The van der Waals surface area contributed by atoms with Crippen molar-refractivity contribution in [2.75, 3.05) is 24.6 Å². The van der Waals surface area contributed by atoms with E-state index in [-0.39, 0.29) is 6.61 Å². The SMILES string of the molecule is Cc1cc(N2CCCC(CO)C2)nc2cc(Cl)ccc12. The van der Waals surface area contributed by atoms with Crippen LogP contribution in [0.3, 0.4) is 0 Å². The van der Waals surface area contributed by atoms with Gasteiger partial charge in [0.2, 0.25) is 0 Å². The smallest absolute Gasteiger partial charge is 0.129 e. The van der Waals surface area contributed by atoms with Gasteiger partial charge in [-0.25, -0.2) is 4.98 Å². The Morgan fingerprint density at radius 3 is 3.05 bits per heavy atom. The van der Waals surface area contributed by atoms with Crippen LogP contribution in [0.4, 0.5) is 5.82 Å². The molecule has 0 spiro atoms. The fraction of sp³-hybridized carbons (Fsp3) is 0.438. The van der Waals surface area contributed by atoms with Crippen molar-refractivity contribution in [1.82, 2.24) is 4.98 Å². The van der Waals surface area contributed by atoms with Gasteiger partial charge in [0.1, 0.15) is 5.82 Å². The number of halogens is 1. The highest BCUT2D eigenvalue weighted by molar-refractivity contribution is 6.31. The molecular weight excluding hydrogens is 272 g/mol. The van der Waals surface area contributed by atoms with Crippen molar-refractivity contribution in [2.24, 2.45) is 5.92 Å². The van der Waals surface area contributed by atoms with Gasteiger partial charge in [-0.15, -0.1) is 0 Å². The quantitative estimate of drug-likeness (QED) is 0.921. The number of anilines is 1. The van der Waals surface area contributed by atoms with Gasteiger partial charge in [0.15, 0.2) is 0 Å². The average Bonchev–Trinajstić information content (AvgIpc) is 2.46. The highest BCUT2D eigenvalue weighted by Crippen LogP contribution is 2.27. The Labute approximate surface area is 124 Å². The molecule has 1 aliphatic rings. The highest BCUT2D eigenvalue weighted by Gasteiger charge is 2.20. The monoisotopic (exact) mass is 290 g/mol. The molecule has 1 unspecified atom stereocenters. The number of nitrogens with zero attached hydrogens (tertiary/aromatic N) is 2. The zero-order chi connectivity index (χ0) is 14.1. The molecule has 1 atom stereocenters. The van der Waals surface area contributed by atoms with Crippen molar-refractivity contribution >= 4 is 28.3 Å². The molecule has 3 nitrogen and oxygen atoms in total. The van der Waals surface area contributed by atoms with E-state index in [1.165, 1.54) is 5.56 Å². The van der Waals surface area contributed by atoms with Crippen LogP contribution in [0.5, 0.6) is 0 Å². The molecule has 0 radical (unpaired) electrons. The van der Waals surface area contributed by atoms with Crippen LogP contribution in [0.1, 0.15) is 18.4 Å². The third-order valence-electron chi connectivity index (χ3n) is 4.07. The number of benzene rings is 1. The molecule has 0 amide bonds. The van der Waals surface area contributed by atoms with E-state index in [1.54, 1.807) is 0 Å². The number of pyridine rings is 1. The molecule has 1 aromatic heterocycles. The molecule has 1 aliphatic heterocycles. The number of aliphatic hydroxyl groups excluding tert-OH is 1. The Morgan fingerprint density at radius 2 is 2.25 bits per heavy atom. The lowest BCUT2D eigenvalue weighted by Crippen LogP contribution is -2.37. The number of piperidine rings is 1. The minimum absolute atomic E-state index is 0.259. The maximum absolute atomic E-state index is 9.35. The summed E-state index contributed by atoms with van der Waals surface area (Å²) in [5, 5.41) is 11.2. The van der Waals surface area contributed by atoms with E-state index in [9.17, 15) is 5.11 Å². The van der Waals surface area contributed by atoms with Crippen molar-refractivity contribution in [3.63, 3.8) is 0 Å². The van der Waals surface area contributed by atoms with Crippen LogP contribution >= 0.6 is 11.6 Å².